The average molecular weight is 189 g/mol. The molecular weight excluding hydrogens is 174 g/mol. The summed E-state index contributed by atoms with van der Waals surface area (Å²) in [6, 6.07) is 7.14. The summed E-state index contributed by atoms with van der Waals surface area (Å²) in [5.41, 5.74) is 2.73. The van der Waals surface area contributed by atoms with Crippen molar-refractivity contribution in [1.82, 2.24) is 5.32 Å². The lowest BCUT2D eigenvalue weighted by Crippen LogP contribution is -2.31. The number of rotatable bonds is 2. The van der Waals surface area contributed by atoms with Gasteiger partial charge in [0, 0.05) is 12.1 Å². The third kappa shape index (κ3) is 1.50. The third-order valence-electron chi connectivity index (χ3n) is 3.17. The lowest BCUT2D eigenvalue weighted by atomic mass is 10.1. The zero-order valence-electron chi connectivity index (χ0n) is 8.16. The van der Waals surface area contributed by atoms with Gasteiger partial charge in [0.05, 0.1) is 0 Å². The Balaban J connectivity index is 1.75. The van der Waals surface area contributed by atoms with Crippen molar-refractivity contribution in [3.63, 3.8) is 0 Å². The topological polar surface area (TPSA) is 32.3 Å². The Morgan fingerprint density at radius 3 is 2.64 bits per heavy atom. The predicted molar refractivity (Wildman–Crippen MR) is 55.5 cm³/mol. The van der Waals surface area contributed by atoms with Crippen LogP contribution in [0.1, 0.15) is 24.0 Å². The molecule has 2 aliphatic rings. The molecule has 0 aromatic heterocycles. The number of nitrogens with one attached hydrogen (secondary N) is 1. The van der Waals surface area contributed by atoms with Crippen LogP contribution in [0.3, 0.4) is 0 Å². The molecule has 0 radical (unpaired) electrons. The minimum Gasteiger partial charge on any atom is -0.508 e. The van der Waals surface area contributed by atoms with E-state index in [9.17, 15) is 5.11 Å². The molecule has 0 bridgehead atoms. The lowest BCUT2D eigenvalue weighted by Gasteiger charge is -2.09. The number of hydrogen-bond donors (Lipinski definition) is 2. The first-order valence-corrected chi connectivity index (χ1v) is 5.38. The minimum atomic E-state index is 0.399. The van der Waals surface area contributed by atoms with E-state index in [1.165, 1.54) is 24.0 Å². The molecule has 2 nitrogen and oxygen atoms in total. The van der Waals surface area contributed by atoms with Gasteiger partial charge in [0.2, 0.25) is 0 Å². The first-order chi connectivity index (χ1) is 6.81. The quantitative estimate of drug-likeness (QED) is 0.740. The second-order valence-electron chi connectivity index (χ2n) is 4.50. The van der Waals surface area contributed by atoms with Crippen molar-refractivity contribution in [2.75, 3.05) is 0 Å². The highest BCUT2D eigenvalue weighted by Crippen LogP contribution is 2.28. The summed E-state index contributed by atoms with van der Waals surface area (Å²) in [5, 5.41) is 13.0. The van der Waals surface area contributed by atoms with Crippen molar-refractivity contribution in [1.29, 1.82) is 0 Å². The van der Waals surface area contributed by atoms with E-state index in [1.807, 2.05) is 6.07 Å². The maximum absolute atomic E-state index is 9.36. The van der Waals surface area contributed by atoms with Crippen molar-refractivity contribution >= 4 is 0 Å². The predicted octanol–water partition coefficient (Wildman–Crippen LogP) is 1.61. The van der Waals surface area contributed by atoms with E-state index in [1.54, 1.807) is 6.07 Å². The van der Waals surface area contributed by atoms with Crippen LogP contribution in [0.5, 0.6) is 5.75 Å². The first-order valence-electron chi connectivity index (χ1n) is 5.38. The molecule has 1 saturated carbocycles. The SMILES string of the molecule is Oc1ccc2c(c1)CC(NC1CC1)C2. The van der Waals surface area contributed by atoms with E-state index in [0.717, 1.165) is 18.9 Å². The molecule has 1 atom stereocenters. The number of phenols is 1. The molecule has 2 heteroatoms. The van der Waals surface area contributed by atoms with Gasteiger partial charge in [-0.15, -0.1) is 0 Å². The zero-order chi connectivity index (χ0) is 9.54. The molecule has 1 unspecified atom stereocenters. The maximum Gasteiger partial charge on any atom is 0.115 e. The van der Waals surface area contributed by atoms with Crippen molar-refractivity contribution in [3.8, 4) is 5.75 Å². The zero-order valence-corrected chi connectivity index (χ0v) is 8.16. The van der Waals surface area contributed by atoms with Gasteiger partial charge in [-0.25, -0.2) is 0 Å². The van der Waals surface area contributed by atoms with E-state index >= 15 is 0 Å². The van der Waals surface area contributed by atoms with Crippen LogP contribution < -0.4 is 5.32 Å². The van der Waals surface area contributed by atoms with Gasteiger partial charge < -0.3 is 10.4 Å². The summed E-state index contributed by atoms with van der Waals surface area (Å²) in [4.78, 5) is 0. The number of phenolic OH excluding ortho intramolecular Hbond substituents is 1. The smallest absolute Gasteiger partial charge is 0.115 e. The molecular formula is C12H15NO. The van der Waals surface area contributed by atoms with Crippen LogP contribution in [-0.4, -0.2) is 17.2 Å². The number of fused-ring (bicyclic) bond motifs is 1. The van der Waals surface area contributed by atoms with Gasteiger partial charge >= 0.3 is 0 Å². The molecule has 2 aliphatic carbocycles. The minimum absolute atomic E-state index is 0.399. The number of hydrogen-bond acceptors (Lipinski definition) is 2. The van der Waals surface area contributed by atoms with Gasteiger partial charge in [-0.3, -0.25) is 0 Å². The molecule has 1 aromatic carbocycles. The molecule has 74 valence electrons. The van der Waals surface area contributed by atoms with E-state index in [-0.39, 0.29) is 0 Å². The Kier molecular flexibility index (Phi) is 1.77. The van der Waals surface area contributed by atoms with E-state index in [0.29, 0.717) is 11.8 Å². The normalized spacial score (nSPS) is 25.0. The Morgan fingerprint density at radius 2 is 1.86 bits per heavy atom. The first kappa shape index (κ1) is 8.30. The third-order valence-corrected chi connectivity index (χ3v) is 3.17. The molecule has 0 amide bonds. The van der Waals surface area contributed by atoms with Gasteiger partial charge in [-0.05, 0) is 48.9 Å². The molecule has 3 rings (SSSR count). The van der Waals surface area contributed by atoms with Crippen LogP contribution in [-0.2, 0) is 12.8 Å². The number of benzene rings is 1. The second-order valence-corrected chi connectivity index (χ2v) is 4.50. The fourth-order valence-electron chi connectivity index (χ4n) is 2.31. The van der Waals surface area contributed by atoms with Crippen LogP contribution in [0.2, 0.25) is 0 Å². The van der Waals surface area contributed by atoms with Gasteiger partial charge in [-0.1, -0.05) is 6.07 Å². The van der Waals surface area contributed by atoms with Crippen molar-refractivity contribution in [3.05, 3.63) is 29.3 Å². The summed E-state index contributed by atoms with van der Waals surface area (Å²) in [7, 11) is 0. The molecule has 0 saturated heterocycles. The number of aromatic hydroxyl groups is 1. The second kappa shape index (κ2) is 2.99. The van der Waals surface area contributed by atoms with Crippen LogP contribution in [0, 0.1) is 0 Å². The van der Waals surface area contributed by atoms with Crippen LogP contribution in [0.15, 0.2) is 18.2 Å². The fraction of sp³-hybridized carbons (Fsp3) is 0.500. The molecule has 14 heavy (non-hydrogen) atoms. The van der Waals surface area contributed by atoms with E-state index < -0.39 is 0 Å². The van der Waals surface area contributed by atoms with E-state index in [2.05, 4.69) is 11.4 Å². The largest absolute Gasteiger partial charge is 0.508 e. The van der Waals surface area contributed by atoms with Gasteiger partial charge in [0.15, 0.2) is 0 Å². The molecule has 0 aliphatic heterocycles. The highest BCUT2D eigenvalue weighted by molar-refractivity contribution is 5.39. The van der Waals surface area contributed by atoms with Crippen LogP contribution in [0.25, 0.3) is 0 Å². The summed E-state index contributed by atoms with van der Waals surface area (Å²) in [6.45, 7) is 0. The highest BCUT2D eigenvalue weighted by atomic mass is 16.3. The Bertz CT molecular complexity index is 357. The molecule has 2 N–H and O–H groups in total. The highest BCUT2D eigenvalue weighted by Gasteiger charge is 2.28. The molecule has 1 fully saturated rings. The fourth-order valence-corrected chi connectivity index (χ4v) is 2.31. The average Bonchev–Trinajstić information content (AvgIpc) is 2.84. The van der Waals surface area contributed by atoms with Crippen molar-refractivity contribution < 1.29 is 5.11 Å². The maximum atomic E-state index is 9.36. The van der Waals surface area contributed by atoms with Gasteiger partial charge in [0.1, 0.15) is 5.75 Å². The van der Waals surface area contributed by atoms with Crippen molar-refractivity contribution in [2.24, 2.45) is 0 Å². The van der Waals surface area contributed by atoms with Gasteiger partial charge in [-0.2, -0.15) is 0 Å². The Morgan fingerprint density at radius 1 is 1.07 bits per heavy atom. The summed E-state index contributed by atoms with van der Waals surface area (Å²) >= 11 is 0. The van der Waals surface area contributed by atoms with E-state index in [4.69, 9.17) is 0 Å². The van der Waals surface area contributed by atoms with Gasteiger partial charge in [0.25, 0.3) is 0 Å². The Hall–Kier alpha value is -1.02. The lowest BCUT2D eigenvalue weighted by molar-refractivity contribution is 0.474. The standard InChI is InChI=1S/C12H15NO/c14-12-4-1-8-5-11(6-9(8)7-12)13-10-2-3-10/h1,4,7,10-11,13-14H,2-3,5-6H2. The monoisotopic (exact) mass is 189 g/mol. The molecule has 0 spiro atoms. The molecule has 0 heterocycles. The van der Waals surface area contributed by atoms with Crippen molar-refractivity contribution in [2.45, 2.75) is 37.8 Å². The summed E-state index contributed by atoms with van der Waals surface area (Å²) in [5.74, 6) is 0.399. The van der Waals surface area contributed by atoms with Crippen LogP contribution in [0.4, 0.5) is 0 Å². The Labute approximate surface area is 84.0 Å². The van der Waals surface area contributed by atoms with Crippen LogP contribution >= 0.6 is 0 Å². The molecule has 1 aromatic rings. The summed E-state index contributed by atoms with van der Waals surface area (Å²) < 4.78 is 0. The summed E-state index contributed by atoms with van der Waals surface area (Å²) in [6.07, 6.45) is 4.91.